The van der Waals surface area contributed by atoms with Gasteiger partial charge in [0.05, 0.1) is 11.3 Å². The van der Waals surface area contributed by atoms with Crippen molar-refractivity contribution in [2.75, 3.05) is 0 Å². The number of ketones is 1. The van der Waals surface area contributed by atoms with Gasteiger partial charge < -0.3 is 5.11 Å². The molecule has 9 heteroatoms. The third-order valence-corrected chi connectivity index (χ3v) is 10.1. The predicted octanol–water partition coefficient (Wildman–Crippen LogP) is 12.6. The molecule has 0 aliphatic carbocycles. The number of fused-ring (bicyclic) bond motifs is 4. The van der Waals surface area contributed by atoms with Crippen molar-refractivity contribution in [3.8, 4) is 17.3 Å². The fourth-order valence-corrected chi connectivity index (χ4v) is 6.99. The number of carbonyl (C=O) groups is 1. The molecule has 0 bridgehead atoms. The van der Waals surface area contributed by atoms with Crippen LogP contribution in [0.3, 0.4) is 0 Å². The van der Waals surface area contributed by atoms with Crippen LogP contribution in [-0.4, -0.2) is 21.1 Å². The van der Waals surface area contributed by atoms with Crippen LogP contribution in [0.25, 0.3) is 54.3 Å². The molecule has 0 atom stereocenters. The maximum atomic E-state index is 14.1. The van der Waals surface area contributed by atoms with Gasteiger partial charge in [-0.3, -0.25) is 4.79 Å². The number of allylic oxidation sites excluding steroid dienone is 2. The number of aliphatic hydroxyl groups excluding tert-OH is 1. The first-order valence-electron chi connectivity index (χ1n) is 18.2. The summed E-state index contributed by atoms with van der Waals surface area (Å²) in [6.45, 7) is 14.4. The molecule has 0 unspecified atom stereocenters. The van der Waals surface area contributed by atoms with Crippen molar-refractivity contribution in [1.29, 1.82) is 5.26 Å². The summed E-state index contributed by atoms with van der Waals surface area (Å²) in [5, 5.41) is 32.6. The Labute approximate surface area is 328 Å². The van der Waals surface area contributed by atoms with Gasteiger partial charge in [0.2, 0.25) is 0 Å². The number of hydrogen-bond donors (Lipinski definition) is 1. The number of nitriles is 1. The minimum Gasteiger partial charge on any atom is -0.512 e. The number of halogens is 3. The van der Waals surface area contributed by atoms with Crippen LogP contribution in [0.5, 0.6) is 0 Å². The Kier molecular flexibility index (Phi) is 13.4. The fourth-order valence-electron chi connectivity index (χ4n) is 6.99. The van der Waals surface area contributed by atoms with Crippen molar-refractivity contribution in [2.45, 2.75) is 85.7 Å². The monoisotopic (exact) mass is 909 g/mol. The molecule has 0 amide bonds. The van der Waals surface area contributed by atoms with Crippen LogP contribution in [0.4, 0.5) is 13.2 Å². The van der Waals surface area contributed by atoms with E-state index in [1.54, 1.807) is 30.3 Å². The Morgan fingerprint density at radius 1 is 0.815 bits per heavy atom. The number of hydrogen-bond acceptors (Lipinski definition) is 5. The van der Waals surface area contributed by atoms with Gasteiger partial charge >= 0.3 is 6.18 Å². The zero-order valence-electron chi connectivity index (χ0n) is 31.7. The molecular weight excluding hydrogens is 864 g/mol. The first-order chi connectivity index (χ1) is 25.2. The van der Waals surface area contributed by atoms with Crippen molar-refractivity contribution in [2.24, 2.45) is 11.8 Å². The van der Waals surface area contributed by atoms with Crippen LogP contribution in [0, 0.1) is 29.2 Å². The van der Waals surface area contributed by atoms with Crippen molar-refractivity contribution in [1.82, 2.24) is 10.2 Å². The maximum absolute atomic E-state index is 14.1. The quantitative estimate of drug-likeness (QED) is 0.0711. The molecule has 6 rings (SSSR count). The summed E-state index contributed by atoms with van der Waals surface area (Å²) < 4.78 is 42.4. The molecule has 1 aromatic heterocycles. The molecule has 6 aromatic rings. The zero-order chi connectivity index (χ0) is 38.7. The number of rotatable bonds is 8. The van der Waals surface area contributed by atoms with Crippen molar-refractivity contribution < 1.29 is 43.2 Å². The first kappa shape index (κ1) is 42.1. The SMILES string of the molecule is CC(C)(C)c1cc(-c2nnc(C(F)(F)F)c3c(C#N)c4ccccc4cc23)[c-]c2cc3ccccc3cc12.CCC(CC)C(=O)/C=C(\O)C(CC)CC.[Ir]. The van der Waals surface area contributed by atoms with Gasteiger partial charge in [0, 0.05) is 54.5 Å². The van der Waals surface area contributed by atoms with E-state index >= 15 is 0 Å². The molecule has 1 radical (unpaired) electrons. The molecule has 0 aliphatic rings. The van der Waals surface area contributed by atoms with Gasteiger partial charge in [0.15, 0.2) is 11.5 Å². The van der Waals surface area contributed by atoms with Crippen molar-refractivity contribution in [3.05, 3.63) is 108 Å². The second kappa shape index (κ2) is 17.2. The van der Waals surface area contributed by atoms with E-state index in [1.807, 2.05) is 64.1 Å². The maximum Gasteiger partial charge on any atom is 0.435 e. The molecule has 0 aliphatic heterocycles. The standard InChI is InChI=1S/C32H21F3N3.C13H24O2.Ir/c1-31(2,3)27-16-22(13-21-12-18-8-4-5-9-19(18)14-24(21)27)29-25-15-20-10-6-7-11-23(20)26(17-36)28(25)30(38-37-29)32(33,34)35;1-5-10(6-2)12(14)9-13(15)11(7-3)8-4;/h4-12,14-16H,1-3H3;9-11,14H,5-8H2,1-4H3;/q-1;;/b;12-9-;. The van der Waals surface area contributed by atoms with Crippen LogP contribution in [0.2, 0.25) is 0 Å². The third kappa shape index (κ3) is 8.67. The number of aromatic nitrogens is 2. The van der Waals surface area contributed by atoms with Crippen LogP contribution in [0.15, 0.2) is 84.6 Å². The Morgan fingerprint density at radius 3 is 1.93 bits per heavy atom. The summed E-state index contributed by atoms with van der Waals surface area (Å²) in [6, 6.07) is 28.2. The predicted molar refractivity (Wildman–Crippen MR) is 209 cm³/mol. The number of alkyl halides is 3. The van der Waals surface area contributed by atoms with E-state index in [2.05, 4.69) is 49.2 Å². The normalized spacial score (nSPS) is 12.2. The number of aliphatic hydroxyl groups is 1. The molecule has 0 fully saturated rings. The van der Waals surface area contributed by atoms with Gasteiger partial charge in [-0.1, -0.05) is 125 Å². The molecule has 0 saturated carbocycles. The second-order valence-electron chi connectivity index (χ2n) is 14.5. The minimum absolute atomic E-state index is 0. The minimum atomic E-state index is -4.78. The molecule has 0 spiro atoms. The first-order valence-corrected chi connectivity index (χ1v) is 18.2. The summed E-state index contributed by atoms with van der Waals surface area (Å²) in [4.78, 5) is 11.7. The number of carbonyl (C=O) groups excluding carboxylic acids is 1. The summed E-state index contributed by atoms with van der Waals surface area (Å²) >= 11 is 0. The summed E-state index contributed by atoms with van der Waals surface area (Å²) in [5.74, 6) is 0.547. The third-order valence-electron chi connectivity index (χ3n) is 10.1. The van der Waals surface area contributed by atoms with E-state index in [4.69, 9.17) is 0 Å². The molecule has 54 heavy (non-hydrogen) atoms. The molecule has 0 saturated heterocycles. The van der Waals surface area contributed by atoms with Gasteiger partial charge in [-0.25, -0.2) is 0 Å². The Morgan fingerprint density at radius 2 is 1.37 bits per heavy atom. The molecule has 1 N–H and O–H groups in total. The molecule has 5 nitrogen and oxygen atoms in total. The Bertz CT molecular complexity index is 2380. The molecule has 5 aromatic carbocycles. The van der Waals surface area contributed by atoms with E-state index < -0.39 is 11.9 Å². The smallest absolute Gasteiger partial charge is 0.435 e. The van der Waals surface area contributed by atoms with Gasteiger partial charge in [0.25, 0.3) is 0 Å². The van der Waals surface area contributed by atoms with Crippen LogP contribution in [-0.2, 0) is 36.5 Å². The van der Waals surface area contributed by atoms with Crippen LogP contribution >= 0.6 is 0 Å². The number of nitrogens with zero attached hydrogens (tertiary/aromatic N) is 3. The number of benzene rings is 5. The van der Waals surface area contributed by atoms with E-state index in [1.165, 1.54) is 6.08 Å². The van der Waals surface area contributed by atoms with Crippen molar-refractivity contribution in [3.63, 3.8) is 0 Å². The average molecular weight is 909 g/mol. The van der Waals surface area contributed by atoms with Gasteiger partial charge in [-0.2, -0.15) is 28.6 Å². The fraction of sp³-hybridized carbons (Fsp3) is 0.333. The van der Waals surface area contributed by atoms with E-state index in [0.717, 1.165) is 52.8 Å². The van der Waals surface area contributed by atoms with Crippen LogP contribution < -0.4 is 0 Å². The second-order valence-corrected chi connectivity index (χ2v) is 14.5. The van der Waals surface area contributed by atoms with Crippen LogP contribution in [0.1, 0.15) is 91.0 Å². The Hall–Kier alpha value is -4.64. The molecular formula is C45H45F3IrN3O2-. The Balaban J connectivity index is 0.000000347. The van der Waals surface area contributed by atoms with Gasteiger partial charge in [0.1, 0.15) is 6.07 Å². The average Bonchev–Trinajstić information content (AvgIpc) is 3.12. The van der Waals surface area contributed by atoms with E-state index in [-0.39, 0.29) is 70.9 Å². The topological polar surface area (TPSA) is 86.9 Å². The molecule has 1 heterocycles. The zero-order valence-corrected chi connectivity index (χ0v) is 34.0. The largest absolute Gasteiger partial charge is 0.512 e. The molecule has 283 valence electrons. The van der Waals surface area contributed by atoms with E-state index in [9.17, 15) is 28.3 Å². The van der Waals surface area contributed by atoms with Gasteiger partial charge in [-0.05, 0) is 47.3 Å². The van der Waals surface area contributed by atoms with E-state index in [0.29, 0.717) is 16.3 Å². The summed E-state index contributed by atoms with van der Waals surface area (Å²) in [5.41, 5.74) is 0.303. The summed E-state index contributed by atoms with van der Waals surface area (Å²) in [7, 11) is 0. The summed E-state index contributed by atoms with van der Waals surface area (Å²) in [6.07, 6.45) is 0.129. The van der Waals surface area contributed by atoms with Gasteiger partial charge in [-0.15, -0.1) is 29.1 Å². The van der Waals surface area contributed by atoms with Crippen molar-refractivity contribution >= 4 is 48.9 Å².